The molecule has 7 heteroatoms. The summed E-state index contributed by atoms with van der Waals surface area (Å²) in [6.45, 7) is 1.77. The number of aromatic nitrogens is 2. The Balaban J connectivity index is 2.08. The van der Waals surface area contributed by atoms with E-state index in [1.54, 1.807) is 43.5 Å². The Kier molecular flexibility index (Phi) is 4.31. The van der Waals surface area contributed by atoms with E-state index in [9.17, 15) is 13.2 Å². The number of imidazole rings is 1. The molecule has 0 spiro atoms. The Morgan fingerprint density at radius 3 is 2.32 bits per heavy atom. The SMILES string of the molecule is Cc1cn(N=Cc2ccccc2-c2ccccc2C(F)(F)F)c(N)n1. The molecule has 0 aliphatic heterocycles. The molecule has 0 bridgehead atoms. The number of alkyl halides is 3. The van der Waals surface area contributed by atoms with Gasteiger partial charge in [-0.05, 0) is 24.1 Å². The van der Waals surface area contributed by atoms with Gasteiger partial charge in [-0.1, -0.05) is 42.5 Å². The van der Waals surface area contributed by atoms with Crippen molar-refractivity contribution in [3.63, 3.8) is 0 Å². The summed E-state index contributed by atoms with van der Waals surface area (Å²) in [7, 11) is 0. The lowest BCUT2D eigenvalue weighted by atomic mass is 9.95. The lowest BCUT2D eigenvalue weighted by Gasteiger charge is -2.14. The molecule has 25 heavy (non-hydrogen) atoms. The molecule has 0 atom stereocenters. The Morgan fingerprint density at radius 1 is 1.04 bits per heavy atom. The van der Waals surface area contributed by atoms with Gasteiger partial charge in [-0.25, -0.2) is 9.66 Å². The Hall–Kier alpha value is -3.09. The lowest BCUT2D eigenvalue weighted by Crippen LogP contribution is -2.07. The van der Waals surface area contributed by atoms with Gasteiger partial charge in [0.25, 0.3) is 0 Å². The maximum Gasteiger partial charge on any atom is 0.417 e. The van der Waals surface area contributed by atoms with Crippen LogP contribution in [-0.2, 0) is 6.18 Å². The van der Waals surface area contributed by atoms with Crippen molar-refractivity contribution in [3.05, 3.63) is 71.5 Å². The van der Waals surface area contributed by atoms with Crippen molar-refractivity contribution in [2.45, 2.75) is 13.1 Å². The lowest BCUT2D eigenvalue weighted by molar-refractivity contribution is -0.137. The molecule has 0 fully saturated rings. The maximum absolute atomic E-state index is 13.3. The summed E-state index contributed by atoms with van der Waals surface area (Å²) in [6, 6.07) is 12.2. The summed E-state index contributed by atoms with van der Waals surface area (Å²) in [6.07, 6.45) is -1.33. The highest BCUT2D eigenvalue weighted by molar-refractivity contribution is 5.91. The van der Waals surface area contributed by atoms with Crippen LogP contribution in [0.25, 0.3) is 11.1 Å². The maximum atomic E-state index is 13.3. The number of benzene rings is 2. The molecule has 0 saturated carbocycles. The summed E-state index contributed by atoms with van der Waals surface area (Å²) >= 11 is 0. The normalized spacial score (nSPS) is 12.0. The van der Waals surface area contributed by atoms with E-state index >= 15 is 0 Å². The van der Waals surface area contributed by atoms with Crippen molar-refractivity contribution in [1.82, 2.24) is 9.66 Å². The largest absolute Gasteiger partial charge is 0.417 e. The minimum absolute atomic E-state index is 0.104. The second-order valence-corrected chi connectivity index (χ2v) is 5.46. The second-order valence-electron chi connectivity index (χ2n) is 5.46. The fourth-order valence-electron chi connectivity index (χ4n) is 2.54. The number of anilines is 1. The highest BCUT2D eigenvalue weighted by Crippen LogP contribution is 2.37. The zero-order valence-corrected chi connectivity index (χ0v) is 13.3. The molecule has 0 unspecified atom stereocenters. The second kappa shape index (κ2) is 6.43. The third-order valence-electron chi connectivity index (χ3n) is 3.64. The molecule has 3 rings (SSSR count). The average Bonchev–Trinajstić information content (AvgIpc) is 2.90. The molecule has 1 heterocycles. The Bertz CT molecular complexity index is 926. The fraction of sp³-hybridized carbons (Fsp3) is 0.111. The molecule has 0 radical (unpaired) electrons. The monoisotopic (exact) mass is 344 g/mol. The van der Waals surface area contributed by atoms with Gasteiger partial charge in [0.05, 0.1) is 23.7 Å². The first-order valence-electron chi connectivity index (χ1n) is 7.47. The van der Waals surface area contributed by atoms with Gasteiger partial charge in [-0.2, -0.15) is 18.3 Å². The van der Waals surface area contributed by atoms with Gasteiger partial charge in [0.2, 0.25) is 5.95 Å². The van der Waals surface area contributed by atoms with Crippen LogP contribution in [0.15, 0.2) is 59.8 Å². The van der Waals surface area contributed by atoms with Crippen LogP contribution >= 0.6 is 0 Å². The summed E-state index contributed by atoms with van der Waals surface area (Å²) in [5.41, 5.74) is 6.83. The molecule has 0 amide bonds. The summed E-state index contributed by atoms with van der Waals surface area (Å²) < 4.78 is 41.3. The zero-order chi connectivity index (χ0) is 18.0. The predicted molar refractivity (Wildman–Crippen MR) is 91.2 cm³/mol. The molecule has 128 valence electrons. The van der Waals surface area contributed by atoms with Gasteiger partial charge in [0.1, 0.15) is 0 Å². The third kappa shape index (κ3) is 3.55. The Morgan fingerprint density at radius 2 is 1.68 bits per heavy atom. The van der Waals surface area contributed by atoms with Crippen LogP contribution in [0.3, 0.4) is 0 Å². The van der Waals surface area contributed by atoms with Crippen molar-refractivity contribution in [2.75, 3.05) is 5.73 Å². The fourth-order valence-corrected chi connectivity index (χ4v) is 2.54. The highest BCUT2D eigenvalue weighted by Gasteiger charge is 2.33. The number of hydrogen-bond acceptors (Lipinski definition) is 3. The molecule has 2 N–H and O–H groups in total. The van der Waals surface area contributed by atoms with Crippen LogP contribution < -0.4 is 5.73 Å². The number of hydrogen-bond donors (Lipinski definition) is 1. The average molecular weight is 344 g/mol. The number of nitrogens with two attached hydrogens (primary N) is 1. The van der Waals surface area contributed by atoms with Crippen LogP contribution in [0.4, 0.5) is 19.1 Å². The zero-order valence-electron chi connectivity index (χ0n) is 13.3. The molecule has 3 aromatic rings. The molecule has 2 aromatic carbocycles. The number of nitrogen functional groups attached to an aromatic ring is 1. The molecule has 1 aromatic heterocycles. The van der Waals surface area contributed by atoms with Crippen LogP contribution in [0.1, 0.15) is 16.8 Å². The first kappa shape index (κ1) is 16.8. The third-order valence-corrected chi connectivity index (χ3v) is 3.64. The van der Waals surface area contributed by atoms with E-state index in [2.05, 4.69) is 10.1 Å². The quantitative estimate of drug-likeness (QED) is 0.719. The van der Waals surface area contributed by atoms with E-state index in [0.717, 1.165) is 6.07 Å². The van der Waals surface area contributed by atoms with Crippen LogP contribution in [-0.4, -0.2) is 15.9 Å². The van der Waals surface area contributed by atoms with E-state index in [1.807, 2.05) is 0 Å². The van der Waals surface area contributed by atoms with Crippen molar-refractivity contribution < 1.29 is 13.2 Å². The number of aryl methyl sites for hydroxylation is 1. The minimum atomic E-state index is -4.44. The number of halogens is 3. The number of rotatable bonds is 3. The van der Waals surface area contributed by atoms with Crippen molar-refractivity contribution in [2.24, 2.45) is 5.10 Å². The first-order chi connectivity index (χ1) is 11.9. The van der Waals surface area contributed by atoms with Gasteiger partial charge in [0, 0.05) is 5.56 Å². The smallest absolute Gasteiger partial charge is 0.368 e. The molecule has 4 nitrogen and oxygen atoms in total. The van der Waals surface area contributed by atoms with Crippen molar-refractivity contribution in [3.8, 4) is 11.1 Å². The van der Waals surface area contributed by atoms with Crippen molar-refractivity contribution in [1.29, 1.82) is 0 Å². The van der Waals surface area contributed by atoms with E-state index in [0.29, 0.717) is 16.8 Å². The van der Waals surface area contributed by atoms with E-state index in [-0.39, 0.29) is 11.5 Å². The molecular formula is C18H15F3N4. The Labute approximate surface area is 142 Å². The van der Waals surface area contributed by atoms with Gasteiger partial charge in [-0.3, -0.25) is 0 Å². The molecule has 0 aliphatic carbocycles. The van der Waals surface area contributed by atoms with Crippen LogP contribution in [0.2, 0.25) is 0 Å². The predicted octanol–water partition coefficient (Wildman–Crippen LogP) is 4.34. The molecule has 0 saturated heterocycles. The first-order valence-corrected chi connectivity index (χ1v) is 7.47. The standard InChI is InChI=1S/C18H15F3N4/c1-12-11-25(17(22)24-12)23-10-13-6-2-3-7-14(13)15-8-4-5-9-16(15)18(19,20)21/h2-11H,1H3,(H2,22,24). The summed E-state index contributed by atoms with van der Waals surface area (Å²) in [5.74, 6) is 0.210. The summed E-state index contributed by atoms with van der Waals surface area (Å²) in [4.78, 5) is 4.03. The van der Waals surface area contributed by atoms with Crippen molar-refractivity contribution >= 4 is 12.2 Å². The summed E-state index contributed by atoms with van der Waals surface area (Å²) in [5, 5.41) is 4.20. The van der Waals surface area contributed by atoms with Gasteiger partial charge in [-0.15, -0.1) is 0 Å². The topological polar surface area (TPSA) is 56.2 Å². The minimum Gasteiger partial charge on any atom is -0.368 e. The van der Waals surface area contributed by atoms with Gasteiger partial charge >= 0.3 is 6.18 Å². The van der Waals surface area contributed by atoms with Gasteiger partial charge < -0.3 is 5.73 Å². The van der Waals surface area contributed by atoms with E-state index < -0.39 is 11.7 Å². The van der Waals surface area contributed by atoms with Crippen LogP contribution in [0, 0.1) is 6.92 Å². The molecular weight excluding hydrogens is 329 g/mol. The number of nitrogens with zero attached hydrogens (tertiary/aromatic N) is 3. The van der Waals surface area contributed by atoms with Gasteiger partial charge in [0.15, 0.2) is 0 Å². The van der Waals surface area contributed by atoms with E-state index in [1.165, 1.54) is 23.0 Å². The highest BCUT2D eigenvalue weighted by atomic mass is 19.4. The van der Waals surface area contributed by atoms with Crippen LogP contribution in [0.5, 0.6) is 0 Å². The van der Waals surface area contributed by atoms with E-state index in [4.69, 9.17) is 5.73 Å². The molecule has 0 aliphatic rings.